The van der Waals surface area contributed by atoms with Gasteiger partial charge in [-0.2, -0.15) is 0 Å². The van der Waals surface area contributed by atoms with E-state index in [2.05, 4.69) is 0 Å². The second kappa shape index (κ2) is 7.24. The summed E-state index contributed by atoms with van der Waals surface area (Å²) in [7, 11) is 0. The third-order valence-corrected chi connectivity index (χ3v) is 3.19. The molecule has 1 rings (SSSR count). The van der Waals surface area contributed by atoms with Crippen LogP contribution in [0.4, 0.5) is 4.39 Å². The van der Waals surface area contributed by atoms with Crippen LogP contribution < -0.4 is 10.5 Å². The van der Waals surface area contributed by atoms with E-state index in [0.717, 1.165) is 0 Å². The lowest BCUT2D eigenvalue weighted by atomic mass is 10.1. The topological polar surface area (TPSA) is 55.6 Å². The van der Waals surface area contributed by atoms with E-state index in [1.54, 1.807) is 18.7 Å². The lowest BCUT2D eigenvalue weighted by molar-refractivity contribution is -0.137. The molecule has 0 bridgehead atoms. The summed E-state index contributed by atoms with van der Waals surface area (Å²) in [5.41, 5.74) is 6.36. The normalized spacial score (nSPS) is 13.7. The quantitative estimate of drug-likeness (QED) is 0.872. The van der Waals surface area contributed by atoms with E-state index < -0.39 is 6.10 Å². The maximum absolute atomic E-state index is 13.3. The smallest absolute Gasteiger partial charge is 0.263 e. The van der Waals surface area contributed by atoms with Crippen LogP contribution in [-0.4, -0.2) is 30.0 Å². The minimum atomic E-state index is -0.627. The van der Waals surface area contributed by atoms with Crippen LogP contribution in [0.3, 0.4) is 0 Å². The summed E-state index contributed by atoms with van der Waals surface area (Å²) in [5.74, 6) is -0.00303. The van der Waals surface area contributed by atoms with Gasteiger partial charge in [-0.15, -0.1) is 0 Å². The van der Waals surface area contributed by atoms with Gasteiger partial charge in [-0.3, -0.25) is 4.79 Å². The average Bonchev–Trinajstić information content (AvgIpc) is 2.41. The Morgan fingerprint density at radius 3 is 2.45 bits per heavy atom. The fraction of sp³-hybridized carbons (Fsp3) is 0.533. The van der Waals surface area contributed by atoms with Gasteiger partial charge < -0.3 is 15.4 Å². The third kappa shape index (κ3) is 3.93. The van der Waals surface area contributed by atoms with Crippen LogP contribution in [0.1, 0.15) is 39.3 Å². The molecule has 1 amide bonds. The Morgan fingerprint density at radius 2 is 1.95 bits per heavy atom. The minimum absolute atomic E-state index is 0.0880. The zero-order valence-corrected chi connectivity index (χ0v) is 12.5. The highest BCUT2D eigenvalue weighted by molar-refractivity contribution is 5.80. The molecule has 112 valence electrons. The zero-order valence-electron chi connectivity index (χ0n) is 12.5. The van der Waals surface area contributed by atoms with Crippen molar-refractivity contribution in [1.82, 2.24) is 4.90 Å². The molecule has 0 aliphatic rings. The predicted octanol–water partition coefficient (Wildman–Crippen LogP) is 2.48. The number of amides is 1. The molecule has 0 spiro atoms. The number of rotatable bonds is 6. The van der Waals surface area contributed by atoms with E-state index in [0.29, 0.717) is 24.4 Å². The summed E-state index contributed by atoms with van der Waals surface area (Å²) in [6.07, 6.45) is -0.627. The SMILES string of the molecule is CCN(CC)C(=O)C(C)Oc1ccc(F)cc1[C@H](C)N. The lowest BCUT2D eigenvalue weighted by Crippen LogP contribution is -2.40. The first kappa shape index (κ1) is 16.4. The van der Waals surface area contributed by atoms with Gasteiger partial charge in [-0.1, -0.05) is 0 Å². The van der Waals surface area contributed by atoms with Crippen LogP contribution in [0, 0.1) is 5.82 Å². The number of hydrogen-bond acceptors (Lipinski definition) is 3. The molecule has 0 radical (unpaired) electrons. The molecular weight excluding hydrogens is 259 g/mol. The molecule has 2 N–H and O–H groups in total. The standard InChI is InChI=1S/C15H23FN2O2/c1-5-18(6-2)15(19)11(4)20-14-8-7-12(16)9-13(14)10(3)17/h7-11H,5-6,17H2,1-4H3/t10-,11?/m0/s1. The van der Waals surface area contributed by atoms with E-state index in [4.69, 9.17) is 10.5 Å². The van der Waals surface area contributed by atoms with E-state index >= 15 is 0 Å². The van der Waals surface area contributed by atoms with Gasteiger partial charge >= 0.3 is 0 Å². The van der Waals surface area contributed by atoms with Crippen LogP contribution in [0.5, 0.6) is 5.75 Å². The van der Waals surface area contributed by atoms with E-state index in [9.17, 15) is 9.18 Å². The number of benzene rings is 1. The average molecular weight is 282 g/mol. The van der Waals surface area contributed by atoms with E-state index in [-0.39, 0.29) is 17.8 Å². The first-order valence-corrected chi connectivity index (χ1v) is 6.91. The third-order valence-electron chi connectivity index (χ3n) is 3.19. The summed E-state index contributed by atoms with van der Waals surface area (Å²) < 4.78 is 18.9. The summed E-state index contributed by atoms with van der Waals surface area (Å²) >= 11 is 0. The van der Waals surface area contributed by atoms with Crippen LogP contribution in [0.15, 0.2) is 18.2 Å². The Labute approximate surface area is 119 Å². The lowest BCUT2D eigenvalue weighted by Gasteiger charge is -2.24. The Hall–Kier alpha value is -1.62. The Balaban J connectivity index is 2.90. The van der Waals surface area contributed by atoms with Gasteiger partial charge in [0, 0.05) is 24.7 Å². The molecule has 5 heteroatoms. The Kier molecular flexibility index (Phi) is 5.95. The number of nitrogens with two attached hydrogens (primary N) is 1. The van der Waals surface area contributed by atoms with Crippen molar-refractivity contribution >= 4 is 5.91 Å². The number of ether oxygens (including phenoxy) is 1. The van der Waals surface area contributed by atoms with Crippen molar-refractivity contribution < 1.29 is 13.9 Å². The van der Waals surface area contributed by atoms with E-state index in [1.165, 1.54) is 18.2 Å². The van der Waals surface area contributed by atoms with Gasteiger partial charge in [-0.05, 0) is 45.9 Å². The van der Waals surface area contributed by atoms with Gasteiger partial charge in [-0.25, -0.2) is 4.39 Å². The van der Waals surface area contributed by atoms with E-state index in [1.807, 2.05) is 13.8 Å². The molecule has 0 aromatic heterocycles. The zero-order chi connectivity index (χ0) is 15.3. The molecule has 20 heavy (non-hydrogen) atoms. The van der Waals surface area contributed by atoms with Crippen LogP contribution in [0.25, 0.3) is 0 Å². The number of hydrogen-bond donors (Lipinski definition) is 1. The number of halogens is 1. The molecule has 2 atom stereocenters. The summed E-state index contributed by atoms with van der Waals surface area (Å²) in [4.78, 5) is 13.8. The molecular formula is C15H23FN2O2. The molecule has 0 heterocycles. The molecule has 0 aliphatic carbocycles. The summed E-state index contributed by atoms with van der Waals surface area (Å²) in [5, 5.41) is 0. The molecule has 1 aromatic rings. The molecule has 4 nitrogen and oxygen atoms in total. The van der Waals surface area contributed by atoms with Gasteiger partial charge in [0.25, 0.3) is 5.91 Å². The van der Waals surface area contributed by atoms with Gasteiger partial charge in [0.2, 0.25) is 0 Å². The molecule has 1 unspecified atom stereocenters. The first-order valence-electron chi connectivity index (χ1n) is 6.91. The monoisotopic (exact) mass is 282 g/mol. The van der Waals surface area contributed by atoms with Crippen molar-refractivity contribution in [1.29, 1.82) is 0 Å². The highest BCUT2D eigenvalue weighted by Crippen LogP contribution is 2.26. The number of carbonyl (C=O) groups excluding carboxylic acids is 1. The summed E-state index contributed by atoms with van der Waals surface area (Å²) in [6.45, 7) is 8.53. The fourth-order valence-electron chi connectivity index (χ4n) is 2.02. The fourth-order valence-corrected chi connectivity index (χ4v) is 2.02. The van der Waals surface area contributed by atoms with Crippen molar-refractivity contribution in [2.75, 3.05) is 13.1 Å². The highest BCUT2D eigenvalue weighted by atomic mass is 19.1. The molecule has 1 aromatic carbocycles. The van der Waals surface area contributed by atoms with Gasteiger partial charge in [0.05, 0.1) is 0 Å². The van der Waals surface area contributed by atoms with Crippen molar-refractivity contribution in [2.24, 2.45) is 5.73 Å². The Morgan fingerprint density at radius 1 is 1.35 bits per heavy atom. The van der Waals surface area contributed by atoms with Gasteiger partial charge in [0.15, 0.2) is 6.10 Å². The number of nitrogens with zero attached hydrogens (tertiary/aromatic N) is 1. The molecule has 0 fully saturated rings. The maximum atomic E-state index is 13.3. The van der Waals surface area contributed by atoms with Crippen molar-refractivity contribution in [3.05, 3.63) is 29.6 Å². The number of carbonyl (C=O) groups is 1. The highest BCUT2D eigenvalue weighted by Gasteiger charge is 2.21. The van der Waals surface area contributed by atoms with Crippen LogP contribution in [0.2, 0.25) is 0 Å². The Bertz CT molecular complexity index is 459. The first-order chi connectivity index (χ1) is 9.40. The van der Waals surface area contributed by atoms with Crippen molar-refractivity contribution in [2.45, 2.75) is 39.8 Å². The predicted molar refractivity (Wildman–Crippen MR) is 77.0 cm³/mol. The minimum Gasteiger partial charge on any atom is -0.481 e. The molecule has 0 saturated carbocycles. The second-order valence-electron chi connectivity index (χ2n) is 4.74. The molecule has 0 aliphatic heterocycles. The second-order valence-corrected chi connectivity index (χ2v) is 4.74. The van der Waals surface area contributed by atoms with Crippen molar-refractivity contribution in [3.63, 3.8) is 0 Å². The number of likely N-dealkylation sites (N-methyl/N-ethyl adjacent to an activating group) is 1. The molecule has 0 saturated heterocycles. The maximum Gasteiger partial charge on any atom is 0.263 e. The van der Waals surface area contributed by atoms with Crippen LogP contribution in [-0.2, 0) is 4.79 Å². The van der Waals surface area contributed by atoms with Gasteiger partial charge in [0.1, 0.15) is 11.6 Å². The van der Waals surface area contributed by atoms with Crippen molar-refractivity contribution in [3.8, 4) is 5.75 Å². The van der Waals surface area contributed by atoms with Crippen LogP contribution >= 0.6 is 0 Å². The summed E-state index contributed by atoms with van der Waals surface area (Å²) in [6, 6.07) is 3.79. The largest absolute Gasteiger partial charge is 0.481 e.